The SMILES string of the molecule is COCC(COC)N(C)c1cncc(CN2C(=O)c3cccc(c3)S(=O)(=O)Nc3nc(cc(-c4c(C)cccc4C)n3)OC[C@H]2CC(C)(C)C)n1. The zero-order chi connectivity index (χ0) is 36.9. The summed E-state index contributed by atoms with van der Waals surface area (Å²) < 4.78 is 47.2. The molecule has 5 rings (SSSR count). The van der Waals surface area contributed by atoms with Crippen LogP contribution in [0.25, 0.3) is 11.3 Å². The van der Waals surface area contributed by atoms with Gasteiger partial charge in [-0.3, -0.25) is 9.78 Å². The fourth-order valence-electron chi connectivity index (χ4n) is 6.21. The van der Waals surface area contributed by atoms with Gasteiger partial charge in [-0.25, -0.2) is 23.1 Å². The first-order valence-electron chi connectivity index (χ1n) is 16.7. The molecule has 51 heavy (non-hydrogen) atoms. The molecular formula is C37H47N7O6S. The number of nitrogens with zero attached hydrogens (tertiary/aromatic N) is 6. The summed E-state index contributed by atoms with van der Waals surface area (Å²) in [6, 6.07) is 13.0. The van der Waals surface area contributed by atoms with Crippen molar-refractivity contribution in [1.29, 1.82) is 0 Å². The van der Waals surface area contributed by atoms with Gasteiger partial charge in [0.2, 0.25) is 11.8 Å². The van der Waals surface area contributed by atoms with Crippen molar-refractivity contribution < 1.29 is 27.4 Å². The standard InChI is InChI=1S/C37H47N7O6S/c1-24-11-9-12-25(2)34(24)31-16-33-41-36(40-31)42-51(46,47)30-14-10-13-26(15-30)35(45)44(28(23-50-33)17-37(3,4)5)20-27-18-38-19-32(39-27)43(6)29(21-48-7)22-49-8/h9-16,18-19,28-29H,17,20-23H2,1-8H3,(H,40,41,42)/t28-/m1/s1. The highest BCUT2D eigenvalue weighted by molar-refractivity contribution is 7.92. The van der Waals surface area contributed by atoms with Gasteiger partial charge in [-0.2, -0.15) is 4.98 Å². The minimum absolute atomic E-state index is 0.0644. The number of benzene rings is 2. The molecule has 0 saturated carbocycles. The van der Waals surface area contributed by atoms with E-state index in [2.05, 4.69) is 40.4 Å². The van der Waals surface area contributed by atoms with Crippen molar-refractivity contribution in [2.24, 2.45) is 5.41 Å². The lowest BCUT2D eigenvalue weighted by atomic mass is 9.87. The van der Waals surface area contributed by atoms with E-state index in [0.29, 0.717) is 36.8 Å². The van der Waals surface area contributed by atoms with E-state index in [4.69, 9.17) is 19.2 Å². The number of amides is 1. The number of methoxy groups -OCH3 is 2. The van der Waals surface area contributed by atoms with Crippen LogP contribution in [0.3, 0.4) is 0 Å². The third-order valence-electron chi connectivity index (χ3n) is 8.66. The molecule has 0 spiro atoms. The highest BCUT2D eigenvalue weighted by atomic mass is 32.2. The first-order valence-corrected chi connectivity index (χ1v) is 18.2. The molecule has 3 heterocycles. The Labute approximate surface area is 300 Å². The first kappa shape index (κ1) is 37.6. The summed E-state index contributed by atoms with van der Waals surface area (Å²) in [7, 11) is 0.943. The van der Waals surface area contributed by atoms with E-state index in [1.54, 1.807) is 49.7 Å². The molecule has 2 aromatic carbocycles. The van der Waals surface area contributed by atoms with Gasteiger partial charge in [-0.05, 0) is 55.0 Å². The largest absolute Gasteiger partial charge is 0.475 e. The molecule has 4 bridgehead atoms. The molecule has 0 aliphatic carbocycles. The fourth-order valence-corrected chi connectivity index (χ4v) is 7.19. The minimum atomic E-state index is -4.20. The van der Waals surface area contributed by atoms with Crippen molar-refractivity contribution in [3.8, 4) is 17.1 Å². The van der Waals surface area contributed by atoms with Crippen molar-refractivity contribution in [3.63, 3.8) is 0 Å². The van der Waals surface area contributed by atoms with E-state index >= 15 is 0 Å². The quantitative estimate of drug-likeness (QED) is 0.228. The number of hydrogen-bond acceptors (Lipinski definition) is 11. The second-order valence-corrected chi connectivity index (χ2v) is 15.7. The van der Waals surface area contributed by atoms with Gasteiger partial charge in [0.05, 0.1) is 60.5 Å². The molecule has 0 fully saturated rings. The Morgan fingerprint density at radius 1 is 1.00 bits per heavy atom. The van der Waals surface area contributed by atoms with E-state index < -0.39 is 16.1 Å². The van der Waals surface area contributed by atoms with Gasteiger partial charge in [-0.15, -0.1) is 0 Å². The minimum Gasteiger partial charge on any atom is -0.475 e. The van der Waals surface area contributed by atoms with Crippen LogP contribution in [-0.4, -0.2) is 92.3 Å². The number of aromatic nitrogens is 4. The maximum Gasteiger partial charge on any atom is 0.264 e. The summed E-state index contributed by atoms with van der Waals surface area (Å²) in [6.07, 6.45) is 3.83. The van der Waals surface area contributed by atoms with Gasteiger partial charge in [0.1, 0.15) is 12.4 Å². The van der Waals surface area contributed by atoms with Crippen molar-refractivity contribution in [1.82, 2.24) is 24.8 Å². The van der Waals surface area contributed by atoms with Crippen LogP contribution < -0.4 is 14.4 Å². The first-order chi connectivity index (χ1) is 24.2. The predicted octanol–water partition coefficient (Wildman–Crippen LogP) is 5.29. The summed E-state index contributed by atoms with van der Waals surface area (Å²) in [5, 5.41) is 0. The number of aryl methyl sites for hydroxylation is 2. The van der Waals surface area contributed by atoms with Crippen LogP contribution in [0.1, 0.15) is 54.4 Å². The van der Waals surface area contributed by atoms with E-state index in [1.807, 2.05) is 44.0 Å². The van der Waals surface area contributed by atoms with Gasteiger partial charge in [-0.1, -0.05) is 45.0 Å². The predicted molar refractivity (Wildman–Crippen MR) is 195 cm³/mol. The topological polar surface area (TPSA) is 149 Å². The molecule has 0 radical (unpaired) electrons. The third-order valence-corrected chi connectivity index (χ3v) is 9.99. The third kappa shape index (κ3) is 9.18. The zero-order valence-electron chi connectivity index (χ0n) is 30.5. The molecule has 1 aliphatic rings. The van der Waals surface area contributed by atoms with Gasteiger partial charge in [0.15, 0.2) is 0 Å². The average molecular weight is 718 g/mol. The van der Waals surface area contributed by atoms with Crippen LogP contribution in [0.15, 0.2) is 65.8 Å². The molecule has 0 unspecified atom stereocenters. The number of sulfonamides is 1. The Kier molecular flexibility index (Phi) is 11.6. The Bertz CT molecular complexity index is 1940. The Morgan fingerprint density at radius 3 is 2.35 bits per heavy atom. The second-order valence-electron chi connectivity index (χ2n) is 14.0. The Morgan fingerprint density at radius 2 is 1.69 bits per heavy atom. The molecule has 14 heteroatoms. The number of carbonyl (C=O) groups excluding carboxylic acids is 1. The molecule has 13 nitrogen and oxygen atoms in total. The monoisotopic (exact) mass is 717 g/mol. The van der Waals surface area contributed by atoms with E-state index in [9.17, 15) is 13.2 Å². The van der Waals surface area contributed by atoms with Crippen LogP contribution in [0.2, 0.25) is 0 Å². The number of nitrogens with one attached hydrogen (secondary N) is 1. The Balaban J connectivity index is 1.62. The number of rotatable bonds is 10. The summed E-state index contributed by atoms with van der Waals surface area (Å²) >= 11 is 0. The lowest BCUT2D eigenvalue weighted by Gasteiger charge is -2.35. The summed E-state index contributed by atoms with van der Waals surface area (Å²) in [5.74, 6) is 0.237. The zero-order valence-corrected chi connectivity index (χ0v) is 31.3. The molecule has 1 atom stereocenters. The molecule has 1 aliphatic heterocycles. The molecule has 272 valence electrons. The lowest BCUT2D eigenvalue weighted by molar-refractivity contribution is 0.0509. The second kappa shape index (κ2) is 15.7. The van der Waals surface area contributed by atoms with E-state index in [0.717, 1.165) is 16.7 Å². The van der Waals surface area contributed by atoms with Gasteiger partial charge < -0.3 is 24.0 Å². The number of fused-ring (bicyclic) bond motifs is 4. The van der Waals surface area contributed by atoms with Crippen molar-refractivity contribution >= 4 is 27.7 Å². The van der Waals surface area contributed by atoms with Crippen molar-refractivity contribution in [3.05, 3.63) is 83.3 Å². The van der Waals surface area contributed by atoms with Crippen LogP contribution in [-0.2, 0) is 26.0 Å². The highest BCUT2D eigenvalue weighted by Crippen LogP contribution is 2.32. The summed E-state index contributed by atoms with van der Waals surface area (Å²) in [4.78, 5) is 36.5. The molecule has 0 saturated heterocycles. The van der Waals surface area contributed by atoms with E-state index in [-0.39, 0.29) is 52.8 Å². The summed E-state index contributed by atoms with van der Waals surface area (Å²) in [6.45, 7) is 11.2. The highest BCUT2D eigenvalue weighted by Gasteiger charge is 2.32. The van der Waals surface area contributed by atoms with Gasteiger partial charge in [0, 0.05) is 38.5 Å². The Hall–Kier alpha value is -4.66. The van der Waals surface area contributed by atoms with Crippen LogP contribution in [0.4, 0.5) is 11.8 Å². The maximum absolute atomic E-state index is 14.6. The molecule has 1 amide bonds. The smallest absolute Gasteiger partial charge is 0.264 e. The van der Waals surface area contributed by atoms with Crippen LogP contribution in [0, 0.1) is 19.3 Å². The lowest BCUT2D eigenvalue weighted by Crippen LogP contribution is -2.45. The van der Waals surface area contributed by atoms with Crippen molar-refractivity contribution in [2.75, 3.05) is 50.7 Å². The molecule has 4 aromatic rings. The number of carbonyl (C=O) groups is 1. The molecule has 2 aromatic heterocycles. The van der Waals surface area contributed by atoms with Crippen molar-refractivity contribution in [2.45, 2.75) is 64.6 Å². The number of likely N-dealkylation sites (N-methyl/N-ethyl adjacent to an activating group) is 1. The average Bonchev–Trinajstić information content (AvgIpc) is 3.07. The fraction of sp³-hybridized carbons (Fsp3) is 0.432. The molecule has 1 N–H and O–H groups in total. The normalized spacial score (nSPS) is 16.1. The van der Waals surface area contributed by atoms with Gasteiger partial charge >= 0.3 is 0 Å². The maximum atomic E-state index is 14.6. The van der Waals surface area contributed by atoms with Crippen LogP contribution in [0.5, 0.6) is 5.88 Å². The number of anilines is 2. The van der Waals surface area contributed by atoms with Gasteiger partial charge in [0.25, 0.3) is 15.9 Å². The molecular weight excluding hydrogens is 671 g/mol. The number of ether oxygens (including phenoxy) is 3. The summed E-state index contributed by atoms with van der Waals surface area (Å²) in [5.41, 5.74) is 3.79. The van der Waals surface area contributed by atoms with Crippen LogP contribution >= 0.6 is 0 Å². The number of hydrogen-bond donors (Lipinski definition) is 1. The van der Waals surface area contributed by atoms with E-state index in [1.165, 1.54) is 12.1 Å².